The van der Waals surface area contributed by atoms with Crippen molar-refractivity contribution in [1.29, 1.82) is 0 Å². The Bertz CT molecular complexity index is 176. The van der Waals surface area contributed by atoms with Crippen LogP contribution in [0.15, 0.2) is 12.7 Å². The van der Waals surface area contributed by atoms with Gasteiger partial charge in [-0.15, -0.1) is 0 Å². The summed E-state index contributed by atoms with van der Waals surface area (Å²) in [6, 6.07) is 0. The van der Waals surface area contributed by atoms with Crippen LogP contribution in [0.25, 0.3) is 0 Å². The Hall–Kier alpha value is -0.590. The van der Waals surface area contributed by atoms with Crippen LogP contribution in [0.3, 0.4) is 0 Å². The first-order valence-corrected chi connectivity index (χ1v) is 5.44. The van der Waals surface area contributed by atoms with Crippen molar-refractivity contribution in [2.45, 2.75) is 45.4 Å². The Balaban J connectivity index is 2.30. The molecule has 0 aliphatic heterocycles. The monoisotopic (exact) mass is 180 g/mol. The topological polar surface area (TPSA) is 17.1 Å². The highest BCUT2D eigenvalue weighted by Crippen LogP contribution is 2.31. The molecular formula is C12H20O. The molecule has 0 spiro atoms. The minimum absolute atomic E-state index is 0.259. The molecule has 13 heavy (non-hydrogen) atoms. The fourth-order valence-corrected chi connectivity index (χ4v) is 2.31. The molecule has 1 fully saturated rings. The van der Waals surface area contributed by atoms with Crippen molar-refractivity contribution >= 4 is 5.78 Å². The zero-order valence-corrected chi connectivity index (χ0v) is 8.59. The van der Waals surface area contributed by atoms with Crippen molar-refractivity contribution in [2.24, 2.45) is 11.8 Å². The van der Waals surface area contributed by atoms with Gasteiger partial charge in [0.25, 0.3) is 0 Å². The van der Waals surface area contributed by atoms with Crippen LogP contribution in [0.2, 0.25) is 0 Å². The highest BCUT2D eigenvalue weighted by atomic mass is 16.1. The lowest BCUT2D eigenvalue weighted by atomic mass is 9.78. The summed E-state index contributed by atoms with van der Waals surface area (Å²) in [4.78, 5) is 11.3. The summed E-state index contributed by atoms with van der Waals surface area (Å²) in [5.74, 6) is 1.44. The maximum atomic E-state index is 11.3. The van der Waals surface area contributed by atoms with Crippen molar-refractivity contribution in [2.75, 3.05) is 0 Å². The largest absolute Gasteiger partial charge is 0.295 e. The molecule has 0 unspecified atom stereocenters. The van der Waals surface area contributed by atoms with Gasteiger partial charge in [0.15, 0.2) is 5.78 Å². The molecule has 0 aromatic heterocycles. The maximum Gasteiger partial charge on any atom is 0.158 e. The van der Waals surface area contributed by atoms with Gasteiger partial charge in [-0.25, -0.2) is 0 Å². The number of allylic oxidation sites excluding steroid dienone is 1. The van der Waals surface area contributed by atoms with Gasteiger partial charge in [0, 0.05) is 5.92 Å². The smallest absolute Gasteiger partial charge is 0.158 e. The molecule has 0 heterocycles. The van der Waals surface area contributed by atoms with Gasteiger partial charge in [0.05, 0.1) is 0 Å². The summed E-state index contributed by atoms with van der Waals surface area (Å²) in [5, 5.41) is 0. The van der Waals surface area contributed by atoms with Crippen LogP contribution in [0, 0.1) is 11.8 Å². The minimum Gasteiger partial charge on any atom is -0.295 e. The van der Waals surface area contributed by atoms with E-state index in [2.05, 4.69) is 13.5 Å². The summed E-state index contributed by atoms with van der Waals surface area (Å²) in [5.41, 5.74) is 0. The molecule has 1 aliphatic carbocycles. The predicted octanol–water partition coefficient (Wildman–Crippen LogP) is 3.35. The maximum absolute atomic E-state index is 11.3. The van der Waals surface area contributed by atoms with E-state index in [9.17, 15) is 4.79 Å². The molecule has 1 saturated carbocycles. The summed E-state index contributed by atoms with van der Waals surface area (Å²) >= 11 is 0. The van der Waals surface area contributed by atoms with Crippen molar-refractivity contribution in [1.82, 2.24) is 0 Å². The minimum atomic E-state index is 0.259. The quantitative estimate of drug-likeness (QED) is 0.606. The van der Waals surface area contributed by atoms with Crippen molar-refractivity contribution in [3.05, 3.63) is 12.7 Å². The third-order valence-corrected chi connectivity index (χ3v) is 3.15. The number of hydrogen-bond acceptors (Lipinski definition) is 1. The van der Waals surface area contributed by atoms with Gasteiger partial charge >= 0.3 is 0 Å². The Labute approximate surface area is 81.2 Å². The molecule has 0 saturated heterocycles. The van der Waals surface area contributed by atoms with E-state index in [0.29, 0.717) is 5.92 Å². The highest BCUT2D eigenvalue weighted by Gasteiger charge is 2.23. The van der Waals surface area contributed by atoms with E-state index < -0.39 is 0 Å². The van der Waals surface area contributed by atoms with Gasteiger partial charge in [0.2, 0.25) is 0 Å². The molecule has 1 rings (SSSR count). The number of carbonyl (C=O) groups excluding carboxylic acids is 1. The number of ketones is 1. The number of carbonyl (C=O) groups is 1. The zero-order valence-electron chi connectivity index (χ0n) is 8.59. The fraction of sp³-hybridized carbons (Fsp3) is 0.750. The standard InChI is InChI=1S/C12H20O/c1-3-5-10-6-8-11(9-7-10)12(13)4-2/h4,10-11H,2-3,5-9H2,1H3/t10-,11-. The van der Waals surface area contributed by atoms with Crippen molar-refractivity contribution < 1.29 is 4.79 Å². The molecule has 1 nitrogen and oxygen atoms in total. The molecule has 74 valence electrons. The SMILES string of the molecule is C=CC(=O)[C@H]1CC[C@H](CCC)CC1. The second-order valence-corrected chi connectivity index (χ2v) is 4.11. The van der Waals surface area contributed by atoms with Crippen LogP contribution in [0.1, 0.15) is 45.4 Å². The van der Waals surface area contributed by atoms with E-state index in [1.165, 1.54) is 31.8 Å². The van der Waals surface area contributed by atoms with Gasteiger partial charge in [-0.05, 0) is 37.7 Å². The molecule has 0 atom stereocenters. The Morgan fingerprint density at radius 3 is 2.46 bits per heavy atom. The highest BCUT2D eigenvalue weighted by molar-refractivity contribution is 5.91. The molecular weight excluding hydrogens is 160 g/mol. The molecule has 0 bridgehead atoms. The van der Waals surface area contributed by atoms with Crippen LogP contribution in [0.4, 0.5) is 0 Å². The van der Waals surface area contributed by atoms with Crippen LogP contribution in [0.5, 0.6) is 0 Å². The molecule has 0 N–H and O–H groups in total. The van der Waals surface area contributed by atoms with Crippen LogP contribution in [-0.2, 0) is 4.79 Å². The first kappa shape index (κ1) is 10.5. The second-order valence-electron chi connectivity index (χ2n) is 4.11. The average molecular weight is 180 g/mol. The summed E-state index contributed by atoms with van der Waals surface area (Å²) in [6.07, 6.45) is 8.80. The van der Waals surface area contributed by atoms with E-state index in [0.717, 1.165) is 18.8 Å². The van der Waals surface area contributed by atoms with Gasteiger partial charge in [-0.2, -0.15) is 0 Å². The van der Waals surface area contributed by atoms with E-state index >= 15 is 0 Å². The molecule has 0 aromatic rings. The predicted molar refractivity (Wildman–Crippen MR) is 55.6 cm³/mol. The summed E-state index contributed by atoms with van der Waals surface area (Å²) < 4.78 is 0. The van der Waals surface area contributed by atoms with Crippen LogP contribution in [-0.4, -0.2) is 5.78 Å². The Morgan fingerprint density at radius 2 is 2.00 bits per heavy atom. The summed E-state index contributed by atoms with van der Waals surface area (Å²) in [7, 11) is 0. The van der Waals surface area contributed by atoms with E-state index in [1.807, 2.05) is 0 Å². The summed E-state index contributed by atoms with van der Waals surface area (Å²) in [6.45, 7) is 5.78. The second kappa shape index (κ2) is 5.21. The average Bonchev–Trinajstić information content (AvgIpc) is 2.18. The van der Waals surface area contributed by atoms with Crippen LogP contribution < -0.4 is 0 Å². The molecule has 0 amide bonds. The molecule has 1 aliphatic rings. The first-order valence-electron chi connectivity index (χ1n) is 5.44. The van der Waals surface area contributed by atoms with E-state index in [-0.39, 0.29) is 5.78 Å². The Kier molecular flexibility index (Phi) is 4.20. The zero-order chi connectivity index (χ0) is 9.68. The molecule has 0 aromatic carbocycles. The Morgan fingerprint density at radius 1 is 1.38 bits per heavy atom. The van der Waals surface area contributed by atoms with Gasteiger partial charge in [-0.1, -0.05) is 26.3 Å². The van der Waals surface area contributed by atoms with E-state index in [1.54, 1.807) is 0 Å². The van der Waals surface area contributed by atoms with Crippen molar-refractivity contribution in [3.63, 3.8) is 0 Å². The lowest BCUT2D eigenvalue weighted by Gasteiger charge is -2.26. The fourth-order valence-electron chi connectivity index (χ4n) is 2.31. The van der Waals surface area contributed by atoms with Crippen molar-refractivity contribution in [3.8, 4) is 0 Å². The number of hydrogen-bond donors (Lipinski definition) is 0. The van der Waals surface area contributed by atoms with Gasteiger partial charge < -0.3 is 0 Å². The normalized spacial score (nSPS) is 28.4. The van der Waals surface area contributed by atoms with Gasteiger partial charge in [0.1, 0.15) is 0 Å². The third-order valence-electron chi connectivity index (χ3n) is 3.15. The van der Waals surface area contributed by atoms with Crippen LogP contribution >= 0.6 is 0 Å². The third kappa shape index (κ3) is 2.98. The first-order chi connectivity index (χ1) is 6.27. The lowest BCUT2D eigenvalue weighted by molar-refractivity contribution is -0.119. The van der Waals surface area contributed by atoms with Gasteiger partial charge in [-0.3, -0.25) is 4.79 Å². The lowest BCUT2D eigenvalue weighted by Crippen LogP contribution is -2.20. The molecule has 1 heteroatoms. The molecule has 0 radical (unpaired) electrons. The number of rotatable bonds is 4. The van der Waals surface area contributed by atoms with E-state index in [4.69, 9.17) is 0 Å².